The maximum absolute atomic E-state index is 11.4. The van der Waals surface area contributed by atoms with Gasteiger partial charge in [0.2, 0.25) is 0 Å². The molecule has 1 aliphatic heterocycles. The van der Waals surface area contributed by atoms with Gasteiger partial charge < -0.3 is 19.7 Å². The molecule has 1 unspecified atom stereocenters. The Kier molecular flexibility index (Phi) is 7.38. The topological polar surface area (TPSA) is 99.5 Å². The van der Waals surface area contributed by atoms with Crippen LogP contribution in [0.4, 0.5) is 4.79 Å². The molecule has 8 nitrogen and oxygen atoms in total. The lowest BCUT2D eigenvalue weighted by atomic mass is 10.1. The van der Waals surface area contributed by atoms with E-state index >= 15 is 0 Å². The summed E-state index contributed by atoms with van der Waals surface area (Å²) in [7, 11) is 0. The van der Waals surface area contributed by atoms with Crippen molar-refractivity contribution < 1.29 is 29.3 Å². The number of hydrogen-bond acceptors (Lipinski definition) is 5. The van der Waals surface area contributed by atoms with Crippen LogP contribution in [0, 0.1) is 0 Å². The Morgan fingerprint density at radius 3 is 2.23 bits per heavy atom. The molecule has 0 bridgehead atoms. The van der Waals surface area contributed by atoms with E-state index in [2.05, 4.69) is 0 Å². The van der Waals surface area contributed by atoms with Gasteiger partial charge >= 0.3 is 12.1 Å². The van der Waals surface area contributed by atoms with E-state index in [1.54, 1.807) is 0 Å². The van der Waals surface area contributed by atoms with Gasteiger partial charge in [-0.3, -0.25) is 9.80 Å². The minimum absolute atomic E-state index is 0.171. The first kappa shape index (κ1) is 20.2. The molecule has 1 amide bonds. The molecule has 26 heavy (non-hydrogen) atoms. The number of carboxylic acid groups (broad SMARTS) is 2. The summed E-state index contributed by atoms with van der Waals surface area (Å²) in [5.74, 6) is -1.12. The number of amides is 1. The number of aliphatic carboxylic acids is 1. The molecule has 1 aliphatic rings. The number of ether oxygens (including phenoxy) is 2. The molecule has 0 spiro atoms. The summed E-state index contributed by atoms with van der Waals surface area (Å²) in [6, 6.07) is 6.75. The molecule has 144 valence electrons. The van der Waals surface area contributed by atoms with Crippen LogP contribution in [0.25, 0.3) is 0 Å². The first-order valence-corrected chi connectivity index (χ1v) is 8.73. The third kappa shape index (κ3) is 5.17. The van der Waals surface area contributed by atoms with E-state index in [0.717, 1.165) is 16.0 Å². The second-order valence-electron chi connectivity index (χ2n) is 6.05. The van der Waals surface area contributed by atoms with Gasteiger partial charge in [0, 0.05) is 45.0 Å². The fourth-order valence-electron chi connectivity index (χ4n) is 3.01. The van der Waals surface area contributed by atoms with Crippen LogP contribution in [0.3, 0.4) is 0 Å². The van der Waals surface area contributed by atoms with Gasteiger partial charge in [-0.1, -0.05) is 24.3 Å². The van der Waals surface area contributed by atoms with Gasteiger partial charge in [0.1, 0.15) is 6.04 Å². The maximum Gasteiger partial charge on any atom is 0.408 e. The lowest BCUT2D eigenvalue weighted by Gasteiger charge is -2.37. The molecule has 0 radical (unpaired) electrons. The van der Waals surface area contributed by atoms with Crippen LogP contribution in [0.1, 0.15) is 31.3 Å². The van der Waals surface area contributed by atoms with Crippen LogP contribution in [0.15, 0.2) is 24.3 Å². The molecule has 1 saturated heterocycles. The minimum atomic E-state index is -1.20. The van der Waals surface area contributed by atoms with Gasteiger partial charge in [0.25, 0.3) is 0 Å². The summed E-state index contributed by atoms with van der Waals surface area (Å²) >= 11 is 0. The Bertz CT molecular complexity index is 600. The highest BCUT2D eigenvalue weighted by atomic mass is 16.7. The van der Waals surface area contributed by atoms with Gasteiger partial charge in [-0.15, -0.1) is 0 Å². The molecular weight excluding hydrogens is 340 g/mol. The van der Waals surface area contributed by atoms with E-state index in [-0.39, 0.29) is 13.1 Å². The number of benzene rings is 1. The third-order valence-electron chi connectivity index (χ3n) is 4.29. The van der Waals surface area contributed by atoms with Gasteiger partial charge in [-0.25, -0.2) is 9.59 Å². The summed E-state index contributed by atoms with van der Waals surface area (Å²) in [5.41, 5.74) is 1.95. The fraction of sp³-hybridized carbons (Fsp3) is 0.556. The third-order valence-corrected chi connectivity index (χ3v) is 4.29. The lowest BCUT2D eigenvalue weighted by molar-refractivity contribution is -0.145. The average Bonchev–Trinajstić information content (AvgIpc) is 2.62. The monoisotopic (exact) mass is 366 g/mol. The second-order valence-corrected chi connectivity index (χ2v) is 6.05. The van der Waals surface area contributed by atoms with Crippen LogP contribution >= 0.6 is 0 Å². The predicted molar refractivity (Wildman–Crippen MR) is 93.9 cm³/mol. The predicted octanol–water partition coefficient (Wildman–Crippen LogP) is 2.01. The molecule has 1 aromatic rings. The first-order chi connectivity index (χ1) is 12.5. The molecule has 1 heterocycles. The Labute approximate surface area is 152 Å². The summed E-state index contributed by atoms with van der Waals surface area (Å²) in [5, 5.41) is 18.4. The summed E-state index contributed by atoms with van der Waals surface area (Å²) < 4.78 is 11.1. The largest absolute Gasteiger partial charge is 0.480 e. The molecule has 2 rings (SSSR count). The normalized spacial score (nSPS) is 18.3. The van der Waals surface area contributed by atoms with Gasteiger partial charge in [0.05, 0.1) is 0 Å². The zero-order valence-corrected chi connectivity index (χ0v) is 15.1. The van der Waals surface area contributed by atoms with E-state index in [4.69, 9.17) is 14.6 Å². The van der Waals surface area contributed by atoms with E-state index in [0.29, 0.717) is 26.3 Å². The number of piperazine rings is 1. The first-order valence-electron chi connectivity index (χ1n) is 8.73. The number of rotatable bonds is 8. The molecule has 0 aromatic heterocycles. The Balaban J connectivity index is 2.00. The zero-order valence-electron chi connectivity index (χ0n) is 15.1. The second kappa shape index (κ2) is 9.51. The molecule has 2 N–H and O–H groups in total. The highest BCUT2D eigenvalue weighted by Gasteiger charge is 2.35. The van der Waals surface area contributed by atoms with Crippen LogP contribution in [-0.4, -0.2) is 71.0 Å². The number of nitrogens with zero attached hydrogens (tertiary/aromatic N) is 2. The van der Waals surface area contributed by atoms with E-state index in [9.17, 15) is 14.7 Å². The van der Waals surface area contributed by atoms with Crippen molar-refractivity contribution in [2.75, 3.05) is 32.8 Å². The van der Waals surface area contributed by atoms with E-state index in [1.807, 2.05) is 43.0 Å². The molecule has 1 fully saturated rings. The van der Waals surface area contributed by atoms with Crippen molar-refractivity contribution in [1.82, 2.24) is 9.80 Å². The highest BCUT2D eigenvalue weighted by molar-refractivity contribution is 5.79. The molecule has 8 heteroatoms. The van der Waals surface area contributed by atoms with Crippen molar-refractivity contribution in [1.29, 1.82) is 0 Å². The van der Waals surface area contributed by atoms with E-state index in [1.165, 1.54) is 0 Å². The van der Waals surface area contributed by atoms with Crippen molar-refractivity contribution in [3.05, 3.63) is 35.4 Å². The summed E-state index contributed by atoms with van der Waals surface area (Å²) in [4.78, 5) is 25.4. The standard InChI is InChI=1S/C18H26N2O6/c1-3-25-17(26-4-2)14-7-5-13(6-8-14)11-19-9-10-20(18(23)24)15(12-19)16(21)22/h5-8,15,17H,3-4,9-12H2,1-2H3,(H,21,22)(H,23,24). The van der Waals surface area contributed by atoms with Crippen molar-refractivity contribution in [3.8, 4) is 0 Å². The van der Waals surface area contributed by atoms with Gasteiger partial charge in [-0.2, -0.15) is 0 Å². The van der Waals surface area contributed by atoms with Crippen molar-refractivity contribution in [2.45, 2.75) is 32.7 Å². The lowest BCUT2D eigenvalue weighted by Crippen LogP contribution is -2.57. The highest BCUT2D eigenvalue weighted by Crippen LogP contribution is 2.21. The van der Waals surface area contributed by atoms with Crippen molar-refractivity contribution >= 4 is 12.1 Å². The van der Waals surface area contributed by atoms with E-state index < -0.39 is 24.4 Å². The van der Waals surface area contributed by atoms with Crippen LogP contribution in [-0.2, 0) is 20.8 Å². The molecule has 0 saturated carbocycles. The minimum Gasteiger partial charge on any atom is -0.480 e. The number of carbonyl (C=O) groups is 2. The summed E-state index contributed by atoms with van der Waals surface area (Å²) in [6.07, 6.45) is -1.59. The Morgan fingerprint density at radius 2 is 1.73 bits per heavy atom. The van der Waals surface area contributed by atoms with Gasteiger partial charge in [-0.05, 0) is 19.4 Å². The van der Waals surface area contributed by atoms with Gasteiger partial charge in [0.15, 0.2) is 6.29 Å². The van der Waals surface area contributed by atoms with Crippen LogP contribution in [0.2, 0.25) is 0 Å². The summed E-state index contributed by atoms with van der Waals surface area (Å²) in [6.45, 7) is 6.34. The molecule has 0 aliphatic carbocycles. The molecule has 1 aromatic carbocycles. The SMILES string of the molecule is CCOC(OCC)c1ccc(CN2CCN(C(=O)O)C(C(=O)O)C2)cc1. The number of hydrogen-bond donors (Lipinski definition) is 2. The Hall–Kier alpha value is -2.16. The average molecular weight is 366 g/mol. The van der Waals surface area contributed by atoms with Crippen molar-refractivity contribution in [3.63, 3.8) is 0 Å². The maximum atomic E-state index is 11.4. The smallest absolute Gasteiger partial charge is 0.408 e. The molecule has 1 atom stereocenters. The Morgan fingerprint density at radius 1 is 1.12 bits per heavy atom. The molecular formula is C18H26N2O6. The number of carboxylic acids is 1. The fourth-order valence-corrected chi connectivity index (χ4v) is 3.01. The van der Waals surface area contributed by atoms with Crippen LogP contribution < -0.4 is 0 Å². The van der Waals surface area contributed by atoms with Crippen molar-refractivity contribution in [2.24, 2.45) is 0 Å². The zero-order chi connectivity index (χ0) is 19.1. The quantitative estimate of drug-likeness (QED) is 0.679. The van der Waals surface area contributed by atoms with Crippen LogP contribution in [0.5, 0.6) is 0 Å².